The number of amides is 1. The minimum Gasteiger partial charge on any atom is -0.327 e. The van der Waals surface area contributed by atoms with Crippen molar-refractivity contribution in [1.29, 1.82) is 0 Å². The summed E-state index contributed by atoms with van der Waals surface area (Å²) in [4.78, 5) is 31.4. The summed E-state index contributed by atoms with van der Waals surface area (Å²) in [5.41, 5.74) is 1.11. The van der Waals surface area contributed by atoms with Crippen molar-refractivity contribution in [3.05, 3.63) is 64.9 Å². The number of imidazole rings is 1. The molecule has 28 heavy (non-hydrogen) atoms. The first-order valence-corrected chi connectivity index (χ1v) is 9.65. The van der Waals surface area contributed by atoms with Gasteiger partial charge >= 0.3 is 5.69 Å². The van der Waals surface area contributed by atoms with E-state index in [0.29, 0.717) is 29.9 Å². The fraction of sp³-hybridized carbons (Fsp3) is 0.400. The van der Waals surface area contributed by atoms with Crippen LogP contribution in [0.2, 0.25) is 0 Å². The van der Waals surface area contributed by atoms with Gasteiger partial charge in [0.1, 0.15) is 12.0 Å². The molecular formula is C20H22N6O2. The molecule has 0 radical (unpaired) electrons. The number of nitrogens with one attached hydrogen (secondary N) is 1. The summed E-state index contributed by atoms with van der Waals surface area (Å²) in [5.74, 6) is 1.47. The molecule has 1 amide bonds. The molecule has 1 aromatic carbocycles. The summed E-state index contributed by atoms with van der Waals surface area (Å²) in [5, 5.41) is 6.76. The van der Waals surface area contributed by atoms with Crippen molar-refractivity contribution in [2.24, 2.45) is 18.9 Å². The Morgan fingerprint density at radius 2 is 1.96 bits per heavy atom. The maximum Gasteiger partial charge on any atom is 0.343 e. The number of carbonyl (C=O) groups is 1. The van der Waals surface area contributed by atoms with Crippen LogP contribution in [0, 0.1) is 11.8 Å². The number of rotatable bonds is 4. The summed E-state index contributed by atoms with van der Waals surface area (Å²) in [7, 11) is 1.70. The zero-order chi connectivity index (χ0) is 19.3. The molecule has 8 heteroatoms. The Bertz CT molecular complexity index is 1060. The standard InChI is InChI=1S/C20H22N6O2/c1-24-18(22-23-20(24)28)17-15(13-7-8-13)9-10-26(17)19(27)16-11-25(12-21-16)14-5-3-2-4-6-14/h2-6,11-13,15,17H,7-10H2,1H3,(H,23,28). The fourth-order valence-electron chi connectivity index (χ4n) is 4.34. The first-order chi connectivity index (χ1) is 13.6. The van der Waals surface area contributed by atoms with Gasteiger partial charge in [-0.15, -0.1) is 0 Å². The molecule has 1 aliphatic heterocycles. The number of hydrogen-bond acceptors (Lipinski definition) is 4. The number of carbonyl (C=O) groups excluding carboxylic acids is 1. The topological polar surface area (TPSA) is 88.8 Å². The number of likely N-dealkylation sites (tertiary alicyclic amines) is 1. The van der Waals surface area contributed by atoms with Gasteiger partial charge in [-0.2, -0.15) is 5.10 Å². The summed E-state index contributed by atoms with van der Waals surface area (Å²) in [6.45, 7) is 0.657. The van der Waals surface area contributed by atoms with Gasteiger partial charge in [0.2, 0.25) is 0 Å². The number of hydrogen-bond donors (Lipinski definition) is 1. The zero-order valence-electron chi connectivity index (χ0n) is 15.7. The largest absolute Gasteiger partial charge is 0.343 e. The van der Waals surface area contributed by atoms with Gasteiger partial charge in [0.15, 0.2) is 5.82 Å². The number of aromatic nitrogens is 5. The molecule has 8 nitrogen and oxygen atoms in total. The second kappa shape index (κ2) is 6.47. The Kier molecular flexibility index (Phi) is 3.92. The van der Waals surface area contributed by atoms with Crippen molar-refractivity contribution in [3.63, 3.8) is 0 Å². The minimum atomic E-state index is -0.253. The lowest BCUT2D eigenvalue weighted by atomic mass is 9.94. The number of H-pyrrole nitrogens is 1. The molecule has 3 heterocycles. The molecule has 2 atom stereocenters. The Morgan fingerprint density at radius 3 is 2.64 bits per heavy atom. The molecule has 2 unspecified atom stereocenters. The lowest BCUT2D eigenvalue weighted by Crippen LogP contribution is -2.35. The summed E-state index contributed by atoms with van der Waals surface area (Å²) in [6.07, 6.45) is 6.73. The number of nitrogens with zero attached hydrogens (tertiary/aromatic N) is 5. The smallest absolute Gasteiger partial charge is 0.327 e. The molecule has 0 spiro atoms. The van der Waals surface area contributed by atoms with Crippen LogP contribution in [-0.2, 0) is 7.05 Å². The molecule has 2 fully saturated rings. The van der Waals surface area contributed by atoms with Gasteiger partial charge in [0.25, 0.3) is 5.91 Å². The highest BCUT2D eigenvalue weighted by molar-refractivity contribution is 5.92. The second-order valence-corrected chi connectivity index (χ2v) is 7.68. The van der Waals surface area contributed by atoms with Crippen molar-refractivity contribution in [2.45, 2.75) is 25.3 Å². The van der Waals surface area contributed by atoms with Crippen molar-refractivity contribution in [2.75, 3.05) is 6.54 Å². The van der Waals surface area contributed by atoms with E-state index in [1.165, 1.54) is 17.4 Å². The molecule has 144 valence electrons. The Morgan fingerprint density at radius 1 is 1.18 bits per heavy atom. The number of aromatic amines is 1. The van der Waals surface area contributed by atoms with Crippen molar-refractivity contribution in [1.82, 2.24) is 29.2 Å². The molecule has 5 rings (SSSR count). The monoisotopic (exact) mass is 378 g/mol. The summed E-state index contributed by atoms with van der Waals surface area (Å²) in [6, 6.07) is 9.60. The molecule has 2 aromatic heterocycles. The van der Waals surface area contributed by atoms with Crippen LogP contribution in [-0.4, -0.2) is 41.7 Å². The van der Waals surface area contributed by atoms with Gasteiger partial charge in [-0.1, -0.05) is 18.2 Å². The van der Waals surface area contributed by atoms with Crippen LogP contribution in [0.5, 0.6) is 0 Å². The molecule has 1 N–H and O–H groups in total. The molecule has 3 aromatic rings. The Balaban J connectivity index is 1.47. The lowest BCUT2D eigenvalue weighted by Gasteiger charge is -2.26. The zero-order valence-corrected chi connectivity index (χ0v) is 15.7. The molecule has 1 saturated heterocycles. The highest BCUT2D eigenvalue weighted by Gasteiger charge is 2.47. The van der Waals surface area contributed by atoms with E-state index in [2.05, 4.69) is 15.2 Å². The molecule has 0 bridgehead atoms. The van der Waals surface area contributed by atoms with E-state index in [0.717, 1.165) is 12.1 Å². The van der Waals surface area contributed by atoms with E-state index in [9.17, 15) is 9.59 Å². The van der Waals surface area contributed by atoms with Crippen molar-refractivity contribution in [3.8, 4) is 5.69 Å². The van der Waals surface area contributed by atoms with Gasteiger partial charge in [0.05, 0.1) is 6.04 Å². The first-order valence-electron chi connectivity index (χ1n) is 9.65. The van der Waals surface area contributed by atoms with E-state index in [1.54, 1.807) is 19.6 Å². The second-order valence-electron chi connectivity index (χ2n) is 7.68. The molecule has 1 saturated carbocycles. The predicted octanol–water partition coefficient (Wildman–Crippen LogP) is 1.91. The summed E-state index contributed by atoms with van der Waals surface area (Å²) < 4.78 is 3.37. The van der Waals surface area contributed by atoms with Crippen molar-refractivity contribution >= 4 is 5.91 Å². The molecule has 1 aliphatic carbocycles. The third-order valence-corrected chi connectivity index (χ3v) is 5.97. The average Bonchev–Trinajstić information content (AvgIpc) is 3.14. The highest BCUT2D eigenvalue weighted by Crippen LogP contribution is 2.50. The minimum absolute atomic E-state index is 0.113. The maximum absolute atomic E-state index is 13.3. The number of para-hydroxylation sites is 1. The quantitative estimate of drug-likeness (QED) is 0.751. The van der Waals surface area contributed by atoms with Gasteiger partial charge < -0.3 is 9.47 Å². The number of benzene rings is 1. The average molecular weight is 378 g/mol. The van der Waals surface area contributed by atoms with Crippen LogP contribution in [0.3, 0.4) is 0 Å². The fourth-order valence-corrected chi connectivity index (χ4v) is 4.34. The normalized spacial score (nSPS) is 22.0. The predicted molar refractivity (Wildman–Crippen MR) is 102 cm³/mol. The Hall–Kier alpha value is -3.16. The van der Waals surface area contributed by atoms with Gasteiger partial charge in [-0.25, -0.2) is 14.9 Å². The van der Waals surface area contributed by atoms with Crippen LogP contribution in [0.1, 0.15) is 41.6 Å². The van der Waals surface area contributed by atoms with Gasteiger partial charge in [-0.05, 0) is 43.2 Å². The Labute approximate surface area is 161 Å². The van der Waals surface area contributed by atoms with Gasteiger partial charge in [0, 0.05) is 25.5 Å². The molecule has 2 aliphatic rings. The summed E-state index contributed by atoms with van der Waals surface area (Å²) >= 11 is 0. The van der Waals surface area contributed by atoms with Crippen molar-refractivity contribution < 1.29 is 4.79 Å². The molecular weight excluding hydrogens is 356 g/mol. The van der Waals surface area contributed by atoms with Gasteiger partial charge in [-0.3, -0.25) is 9.36 Å². The van der Waals surface area contributed by atoms with Crippen LogP contribution < -0.4 is 5.69 Å². The van der Waals surface area contributed by atoms with E-state index in [1.807, 2.05) is 39.8 Å². The van der Waals surface area contributed by atoms with Crippen LogP contribution in [0.15, 0.2) is 47.7 Å². The lowest BCUT2D eigenvalue weighted by molar-refractivity contribution is 0.0696. The highest BCUT2D eigenvalue weighted by atomic mass is 16.2. The maximum atomic E-state index is 13.3. The van der Waals surface area contributed by atoms with Crippen LogP contribution >= 0.6 is 0 Å². The van der Waals surface area contributed by atoms with Crippen LogP contribution in [0.4, 0.5) is 0 Å². The first kappa shape index (κ1) is 17.0. The van der Waals surface area contributed by atoms with E-state index in [4.69, 9.17) is 0 Å². The van der Waals surface area contributed by atoms with Crippen LogP contribution in [0.25, 0.3) is 5.69 Å². The SMILES string of the molecule is Cn1c(C2C(C3CC3)CCN2C(=O)c2cn(-c3ccccc3)cn2)n[nH]c1=O. The van der Waals surface area contributed by atoms with E-state index >= 15 is 0 Å². The van der Waals surface area contributed by atoms with E-state index in [-0.39, 0.29) is 17.6 Å². The third kappa shape index (κ3) is 2.76. The third-order valence-electron chi connectivity index (χ3n) is 5.97. The van der Waals surface area contributed by atoms with E-state index < -0.39 is 0 Å².